The average molecular weight is 477 g/mol. The molecular formula is C19H22F3N3O8. The van der Waals surface area contributed by atoms with Crippen LogP contribution in [0, 0.1) is 16.0 Å². The van der Waals surface area contributed by atoms with E-state index in [-0.39, 0.29) is 37.4 Å². The summed E-state index contributed by atoms with van der Waals surface area (Å²) in [5.41, 5.74) is -0.499. The van der Waals surface area contributed by atoms with Crippen molar-refractivity contribution < 1.29 is 46.7 Å². The lowest BCUT2D eigenvalue weighted by molar-refractivity contribution is -0.384. The maximum absolute atomic E-state index is 12.2. The normalized spacial score (nSPS) is 14.4. The van der Waals surface area contributed by atoms with E-state index in [0.29, 0.717) is 6.61 Å². The van der Waals surface area contributed by atoms with Gasteiger partial charge in [-0.1, -0.05) is 0 Å². The van der Waals surface area contributed by atoms with Gasteiger partial charge in [-0.25, -0.2) is 4.79 Å². The van der Waals surface area contributed by atoms with Gasteiger partial charge in [-0.05, 0) is 31.9 Å². The minimum absolute atomic E-state index is 0.0129. The molecule has 0 aromatic heterocycles. The quantitative estimate of drug-likeness (QED) is 0.343. The van der Waals surface area contributed by atoms with E-state index in [1.54, 1.807) is 6.92 Å². The first-order chi connectivity index (χ1) is 15.5. The Bertz CT molecular complexity index is 886. The Balaban J connectivity index is 1.80. The number of halogens is 3. The van der Waals surface area contributed by atoms with E-state index in [9.17, 15) is 37.7 Å². The van der Waals surface area contributed by atoms with Crippen LogP contribution in [0.25, 0.3) is 0 Å². The molecule has 11 nitrogen and oxygen atoms in total. The Kier molecular flexibility index (Phi) is 8.82. The van der Waals surface area contributed by atoms with E-state index < -0.39 is 53.9 Å². The molecule has 0 spiro atoms. The van der Waals surface area contributed by atoms with Crippen LogP contribution in [-0.4, -0.2) is 66.9 Å². The van der Waals surface area contributed by atoms with Gasteiger partial charge in [0.2, 0.25) is 0 Å². The first-order valence-electron chi connectivity index (χ1n) is 9.86. The first kappa shape index (κ1) is 25.7. The van der Waals surface area contributed by atoms with Crippen molar-refractivity contribution in [3.63, 3.8) is 0 Å². The van der Waals surface area contributed by atoms with E-state index in [2.05, 4.69) is 10.1 Å². The second-order valence-corrected chi connectivity index (χ2v) is 6.96. The zero-order chi connectivity index (χ0) is 24.6. The second kappa shape index (κ2) is 11.3. The smallest absolute Gasteiger partial charge is 0.422 e. The molecule has 0 bridgehead atoms. The van der Waals surface area contributed by atoms with Crippen LogP contribution in [0.5, 0.6) is 5.75 Å². The molecule has 0 saturated carbocycles. The molecule has 1 fully saturated rings. The van der Waals surface area contributed by atoms with Crippen LogP contribution in [0.3, 0.4) is 0 Å². The highest BCUT2D eigenvalue weighted by Crippen LogP contribution is 2.29. The highest BCUT2D eigenvalue weighted by molar-refractivity contribution is 5.95. The number of rotatable bonds is 8. The SMILES string of the molecule is CCOc1ccc(NC(=O)COC(=O)C2CCN(C(=O)OCC(F)(F)F)CC2)c([N+](=O)[O-])c1. The molecule has 0 unspecified atom stereocenters. The lowest BCUT2D eigenvalue weighted by atomic mass is 9.97. The summed E-state index contributed by atoms with van der Waals surface area (Å²) in [6.45, 7) is -0.416. The highest BCUT2D eigenvalue weighted by atomic mass is 19.4. The van der Waals surface area contributed by atoms with Crippen LogP contribution in [-0.2, 0) is 19.1 Å². The molecule has 1 aliphatic heterocycles. The summed E-state index contributed by atoms with van der Waals surface area (Å²) in [5.74, 6) is -1.94. The summed E-state index contributed by atoms with van der Waals surface area (Å²) < 4.78 is 50.6. The van der Waals surface area contributed by atoms with E-state index in [0.717, 1.165) is 11.0 Å². The standard InChI is InChI=1S/C19H22F3N3O8/c1-2-31-13-3-4-14(15(9-13)25(29)30)23-16(26)10-32-17(27)12-5-7-24(8-6-12)18(28)33-11-19(20,21)22/h3-4,9,12H,2,5-8,10-11H2,1H3,(H,23,26). The van der Waals surface area contributed by atoms with Gasteiger partial charge in [0.1, 0.15) is 11.4 Å². The predicted octanol–water partition coefficient (Wildman–Crippen LogP) is 2.89. The number of hydrogen-bond donors (Lipinski definition) is 1. The fourth-order valence-electron chi connectivity index (χ4n) is 3.00. The van der Waals surface area contributed by atoms with Crippen LogP contribution >= 0.6 is 0 Å². The highest BCUT2D eigenvalue weighted by Gasteiger charge is 2.33. The van der Waals surface area contributed by atoms with Crippen molar-refractivity contribution in [2.24, 2.45) is 5.92 Å². The number of nitro groups is 1. The number of nitrogens with zero attached hydrogens (tertiary/aromatic N) is 2. The minimum atomic E-state index is -4.63. The van der Waals surface area contributed by atoms with E-state index in [4.69, 9.17) is 9.47 Å². The summed E-state index contributed by atoms with van der Waals surface area (Å²) in [5, 5.41) is 13.5. The predicted molar refractivity (Wildman–Crippen MR) is 106 cm³/mol. The van der Waals surface area contributed by atoms with Gasteiger partial charge in [-0.3, -0.25) is 19.7 Å². The largest absolute Gasteiger partial charge is 0.494 e. The third-order valence-corrected chi connectivity index (χ3v) is 4.54. The number of likely N-dealkylation sites (tertiary alicyclic amines) is 1. The maximum atomic E-state index is 12.2. The molecule has 1 aromatic carbocycles. The van der Waals surface area contributed by atoms with Gasteiger partial charge in [-0.2, -0.15) is 13.2 Å². The van der Waals surface area contributed by atoms with Crippen LogP contribution in [0.4, 0.5) is 29.3 Å². The number of carbonyl (C=O) groups excluding carboxylic acids is 3. The van der Waals surface area contributed by atoms with E-state index in [1.807, 2.05) is 0 Å². The molecule has 0 atom stereocenters. The number of amides is 2. The van der Waals surface area contributed by atoms with E-state index in [1.165, 1.54) is 12.1 Å². The number of nitro benzene ring substituents is 1. The third-order valence-electron chi connectivity index (χ3n) is 4.54. The third kappa shape index (κ3) is 8.12. The van der Waals surface area contributed by atoms with Crippen molar-refractivity contribution in [2.75, 3.05) is 38.2 Å². The van der Waals surface area contributed by atoms with E-state index >= 15 is 0 Å². The summed E-state index contributed by atoms with van der Waals surface area (Å²) in [4.78, 5) is 47.4. The van der Waals surface area contributed by atoms with Gasteiger partial charge in [-0.15, -0.1) is 0 Å². The molecule has 1 saturated heterocycles. The molecule has 1 aliphatic rings. The fraction of sp³-hybridized carbons (Fsp3) is 0.526. The molecular weight excluding hydrogens is 455 g/mol. The molecule has 0 radical (unpaired) electrons. The molecule has 0 aliphatic carbocycles. The van der Waals surface area contributed by atoms with Gasteiger partial charge in [0.25, 0.3) is 11.6 Å². The Labute approximate surface area is 185 Å². The fourth-order valence-corrected chi connectivity index (χ4v) is 3.00. The maximum Gasteiger partial charge on any atom is 0.422 e. The second-order valence-electron chi connectivity index (χ2n) is 6.96. The number of piperidine rings is 1. The lowest BCUT2D eigenvalue weighted by Crippen LogP contribution is -2.42. The van der Waals surface area contributed by atoms with Gasteiger partial charge in [0.15, 0.2) is 13.2 Å². The zero-order valence-corrected chi connectivity index (χ0v) is 17.6. The molecule has 14 heteroatoms. The first-order valence-corrected chi connectivity index (χ1v) is 9.86. The molecule has 2 rings (SSSR count). The van der Waals surface area contributed by atoms with Crippen LogP contribution < -0.4 is 10.1 Å². The zero-order valence-electron chi connectivity index (χ0n) is 17.6. The van der Waals surface area contributed by atoms with Crippen molar-refractivity contribution in [3.8, 4) is 5.75 Å². The number of anilines is 1. The molecule has 1 N–H and O–H groups in total. The Morgan fingerprint density at radius 1 is 1.21 bits per heavy atom. The van der Waals surface area contributed by atoms with Gasteiger partial charge >= 0.3 is 18.2 Å². The number of alkyl halides is 3. The Morgan fingerprint density at radius 3 is 2.45 bits per heavy atom. The topological polar surface area (TPSA) is 137 Å². The van der Waals surface area contributed by atoms with Crippen molar-refractivity contribution >= 4 is 29.3 Å². The average Bonchev–Trinajstić information content (AvgIpc) is 2.76. The minimum Gasteiger partial charge on any atom is -0.494 e. The summed E-state index contributed by atoms with van der Waals surface area (Å²) >= 11 is 0. The molecule has 1 heterocycles. The molecule has 1 aromatic rings. The van der Waals surface area contributed by atoms with Crippen molar-refractivity contribution in [1.29, 1.82) is 0 Å². The monoisotopic (exact) mass is 477 g/mol. The Hall–Kier alpha value is -3.58. The Morgan fingerprint density at radius 2 is 1.88 bits per heavy atom. The number of esters is 1. The van der Waals surface area contributed by atoms with Crippen molar-refractivity contribution in [1.82, 2.24) is 4.90 Å². The van der Waals surface area contributed by atoms with Gasteiger partial charge < -0.3 is 24.4 Å². The summed E-state index contributed by atoms with van der Waals surface area (Å²) in [7, 11) is 0. The number of carbonyl (C=O) groups is 3. The molecule has 182 valence electrons. The number of benzene rings is 1. The van der Waals surface area contributed by atoms with Gasteiger partial charge in [0, 0.05) is 13.1 Å². The summed E-state index contributed by atoms with van der Waals surface area (Å²) in [6, 6.07) is 3.88. The number of hydrogen-bond acceptors (Lipinski definition) is 8. The number of ether oxygens (including phenoxy) is 3. The van der Waals surface area contributed by atoms with Crippen LogP contribution in [0.2, 0.25) is 0 Å². The van der Waals surface area contributed by atoms with Gasteiger partial charge in [0.05, 0.1) is 23.5 Å². The molecule has 33 heavy (non-hydrogen) atoms. The van der Waals surface area contributed by atoms with Crippen LogP contribution in [0.1, 0.15) is 19.8 Å². The van der Waals surface area contributed by atoms with Crippen LogP contribution in [0.15, 0.2) is 18.2 Å². The number of nitrogens with one attached hydrogen (secondary N) is 1. The van der Waals surface area contributed by atoms with Crippen molar-refractivity contribution in [2.45, 2.75) is 25.9 Å². The molecule has 2 amide bonds. The van der Waals surface area contributed by atoms with Crippen molar-refractivity contribution in [3.05, 3.63) is 28.3 Å². The summed E-state index contributed by atoms with van der Waals surface area (Å²) in [6.07, 6.45) is -5.53. The lowest BCUT2D eigenvalue weighted by Gasteiger charge is -2.30.